The number of nitrogens with one attached hydrogen (secondary N) is 1. The van der Waals surface area contributed by atoms with Crippen molar-refractivity contribution in [2.75, 3.05) is 5.32 Å². The predicted octanol–water partition coefficient (Wildman–Crippen LogP) is 2.49. The van der Waals surface area contributed by atoms with E-state index in [2.05, 4.69) is 25.5 Å². The smallest absolute Gasteiger partial charge is 0.295 e. The van der Waals surface area contributed by atoms with E-state index in [4.69, 9.17) is 0 Å². The first-order chi connectivity index (χ1) is 12.5. The molecule has 0 fully saturated rings. The molecule has 1 amide bonds. The molecule has 0 atom stereocenters. The molecule has 0 saturated heterocycles. The van der Waals surface area contributed by atoms with Gasteiger partial charge in [-0.3, -0.25) is 4.79 Å². The fourth-order valence-corrected chi connectivity index (χ4v) is 2.82. The van der Waals surface area contributed by atoms with Gasteiger partial charge in [-0.15, -0.1) is 5.10 Å². The standard InChI is InChI=1S/C18H17N7O/c1-11-10-13(3)24(22-11)15-7-5-4-6-14(15)20-17(26)16-21-18-19-9-8-12(2)25(18)23-16/h4-10H,1-3H3,(H,20,26). The Bertz CT molecular complexity index is 1130. The van der Waals surface area contributed by atoms with Gasteiger partial charge in [-0.05, 0) is 45.0 Å². The number of para-hydroxylation sites is 2. The lowest BCUT2D eigenvalue weighted by Crippen LogP contribution is -2.16. The van der Waals surface area contributed by atoms with Gasteiger partial charge in [-0.2, -0.15) is 10.1 Å². The van der Waals surface area contributed by atoms with E-state index in [0.717, 1.165) is 22.8 Å². The summed E-state index contributed by atoms with van der Waals surface area (Å²) in [6.07, 6.45) is 1.64. The Morgan fingerprint density at radius 3 is 2.58 bits per heavy atom. The Morgan fingerprint density at radius 1 is 1.04 bits per heavy atom. The Balaban J connectivity index is 1.70. The van der Waals surface area contributed by atoms with Crippen molar-refractivity contribution in [1.29, 1.82) is 0 Å². The van der Waals surface area contributed by atoms with Crippen LogP contribution in [0, 0.1) is 20.8 Å². The number of hydrogen-bond acceptors (Lipinski definition) is 5. The van der Waals surface area contributed by atoms with E-state index >= 15 is 0 Å². The van der Waals surface area contributed by atoms with Gasteiger partial charge < -0.3 is 5.32 Å². The van der Waals surface area contributed by atoms with E-state index in [9.17, 15) is 4.79 Å². The molecule has 0 radical (unpaired) electrons. The van der Waals surface area contributed by atoms with Crippen LogP contribution in [-0.2, 0) is 0 Å². The van der Waals surface area contributed by atoms with E-state index in [1.54, 1.807) is 15.4 Å². The van der Waals surface area contributed by atoms with E-state index in [1.807, 2.05) is 57.2 Å². The topological polar surface area (TPSA) is 90.0 Å². The summed E-state index contributed by atoms with van der Waals surface area (Å²) in [6, 6.07) is 11.3. The minimum atomic E-state index is -0.399. The average molecular weight is 347 g/mol. The number of aromatic nitrogens is 6. The second kappa shape index (κ2) is 6.07. The van der Waals surface area contributed by atoms with Crippen LogP contribution >= 0.6 is 0 Å². The first-order valence-electron chi connectivity index (χ1n) is 8.15. The van der Waals surface area contributed by atoms with Crippen LogP contribution in [0.4, 0.5) is 5.69 Å². The molecular weight excluding hydrogens is 330 g/mol. The molecule has 1 N–H and O–H groups in total. The fourth-order valence-electron chi connectivity index (χ4n) is 2.82. The lowest BCUT2D eigenvalue weighted by atomic mass is 10.2. The van der Waals surface area contributed by atoms with Crippen LogP contribution in [0.15, 0.2) is 42.6 Å². The number of hydrogen-bond donors (Lipinski definition) is 1. The molecule has 0 spiro atoms. The van der Waals surface area contributed by atoms with Gasteiger partial charge in [0.1, 0.15) is 0 Å². The van der Waals surface area contributed by atoms with Gasteiger partial charge in [0, 0.05) is 17.6 Å². The van der Waals surface area contributed by atoms with Gasteiger partial charge in [0.05, 0.1) is 17.1 Å². The Labute approximate surface area is 149 Å². The summed E-state index contributed by atoms with van der Waals surface area (Å²) in [5.74, 6) is 0.0563. The van der Waals surface area contributed by atoms with Crippen molar-refractivity contribution in [3.8, 4) is 5.69 Å². The summed E-state index contributed by atoms with van der Waals surface area (Å²) >= 11 is 0. The van der Waals surface area contributed by atoms with Crippen molar-refractivity contribution in [3.63, 3.8) is 0 Å². The molecular formula is C18H17N7O. The number of nitrogens with zero attached hydrogens (tertiary/aromatic N) is 6. The van der Waals surface area contributed by atoms with Crippen molar-refractivity contribution in [3.05, 3.63) is 65.5 Å². The number of rotatable bonds is 3. The molecule has 3 aromatic heterocycles. The zero-order chi connectivity index (χ0) is 18.3. The molecule has 8 nitrogen and oxygen atoms in total. The lowest BCUT2D eigenvalue weighted by Gasteiger charge is -2.11. The summed E-state index contributed by atoms with van der Waals surface area (Å²) in [5, 5.41) is 11.6. The van der Waals surface area contributed by atoms with E-state index in [0.29, 0.717) is 11.5 Å². The summed E-state index contributed by atoms with van der Waals surface area (Å²) in [4.78, 5) is 21.0. The third-order valence-electron chi connectivity index (χ3n) is 4.02. The summed E-state index contributed by atoms with van der Waals surface area (Å²) < 4.78 is 3.34. The molecule has 0 aliphatic rings. The maximum Gasteiger partial charge on any atom is 0.295 e. The van der Waals surface area contributed by atoms with Gasteiger partial charge in [-0.1, -0.05) is 12.1 Å². The molecule has 1 aromatic carbocycles. The normalized spacial score (nSPS) is 11.0. The first-order valence-corrected chi connectivity index (χ1v) is 8.15. The molecule has 0 aliphatic heterocycles. The Kier molecular flexibility index (Phi) is 3.72. The van der Waals surface area contributed by atoms with E-state index in [-0.39, 0.29) is 5.82 Å². The number of aryl methyl sites for hydroxylation is 3. The quantitative estimate of drug-likeness (QED) is 0.615. The van der Waals surface area contributed by atoms with Crippen LogP contribution in [0.1, 0.15) is 27.7 Å². The molecule has 0 saturated carbocycles. The predicted molar refractivity (Wildman–Crippen MR) is 96.5 cm³/mol. The Morgan fingerprint density at radius 2 is 1.85 bits per heavy atom. The highest BCUT2D eigenvalue weighted by Gasteiger charge is 2.17. The van der Waals surface area contributed by atoms with E-state index in [1.165, 1.54) is 0 Å². The molecule has 0 aliphatic carbocycles. The van der Waals surface area contributed by atoms with Gasteiger partial charge in [0.25, 0.3) is 11.7 Å². The van der Waals surface area contributed by atoms with Crippen molar-refractivity contribution in [2.45, 2.75) is 20.8 Å². The third kappa shape index (κ3) is 2.71. The van der Waals surface area contributed by atoms with Crippen LogP contribution in [0.25, 0.3) is 11.5 Å². The summed E-state index contributed by atoms with van der Waals surface area (Å²) in [7, 11) is 0. The largest absolute Gasteiger partial charge is 0.317 e. The number of carbonyl (C=O) groups is 1. The molecule has 4 rings (SSSR count). The van der Waals surface area contributed by atoms with Crippen LogP contribution < -0.4 is 5.32 Å². The van der Waals surface area contributed by atoms with Crippen molar-refractivity contribution >= 4 is 17.4 Å². The van der Waals surface area contributed by atoms with Gasteiger partial charge in [0.15, 0.2) is 0 Å². The zero-order valence-corrected chi connectivity index (χ0v) is 14.6. The molecule has 4 aromatic rings. The highest BCUT2D eigenvalue weighted by molar-refractivity contribution is 6.02. The second-order valence-corrected chi connectivity index (χ2v) is 6.04. The summed E-state index contributed by atoms with van der Waals surface area (Å²) in [5.41, 5.74) is 4.16. The van der Waals surface area contributed by atoms with Crippen molar-refractivity contribution < 1.29 is 4.79 Å². The van der Waals surface area contributed by atoms with Crippen LogP contribution in [0.5, 0.6) is 0 Å². The minimum Gasteiger partial charge on any atom is -0.317 e. The molecule has 8 heteroatoms. The van der Waals surface area contributed by atoms with Crippen molar-refractivity contribution in [1.82, 2.24) is 29.4 Å². The molecule has 0 bridgehead atoms. The molecule has 0 unspecified atom stereocenters. The van der Waals surface area contributed by atoms with Crippen LogP contribution in [0.3, 0.4) is 0 Å². The first kappa shape index (κ1) is 15.9. The van der Waals surface area contributed by atoms with Crippen LogP contribution in [-0.4, -0.2) is 35.3 Å². The highest BCUT2D eigenvalue weighted by atomic mass is 16.2. The number of benzene rings is 1. The summed E-state index contributed by atoms with van der Waals surface area (Å²) in [6.45, 7) is 5.78. The van der Waals surface area contributed by atoms with Gasteiger partial charge >= 0.3 is 0 Å². The van der Waals surface area contributed by atoms with Gasteiger partial charge in [0.2, 0.25) is 5.82 Å². The number of carbonyl (C=O) groups excluding carboxylic acids is 1. The average Bonchev–Trinajstić information content (AvgIpc) is 3.19. The second-order valence-electron chi connectivity index (χ2n) is 6.04. The lowest BCUT2D eigenvalue weighted by molar-refractivity contribution is 0.101. The maximum absolute atomic E-state index is 12.7. The molecule has 26 heavy (non-hydrogen) atoms. The van der Waals surface area contributed by atoms with Crippen LogP contribution in [0.2, 0.25) is 0 Å². The SMILES string of the molecule is Cc1cc(C)n(-c2ccccc2NC(=O)c2nc3nccc(C)n3n2)n1. The zero-order valence-electron chi connectivity index (χ0n) is 14.6. The molecule has 3 heterocycles. The monoisotopic (exact) mass is 347 g/mol. The maximum atomic E-state index is 12.7. The van der Waals surface area contributed by atoms with E-state index < -0.39 is 5.91 Å². The van der Waals surface area contributed by atoms with Gasteiger partial charge in [-0.25, -0.2) is 14.2 Å². The highest BCUT2D eigenvalue weighted by Crippen LogP contribution is 2.22. The number of amides is 1. The fraction of sp³-hybridized carbons (Fsp3) is 0.167. The minimum absolute atomic E-state index is 0.0648. The Hall–Kier alpha value is -3.55. The van der Waals surface area contributed by atoms with Crippen molar-refractivity contribution in [2.24, 2.45) is 0 Å². The third-order valence-corrected chi connectivity index (χ3v) is 4.02. The molecule has 130 valence electrons. The number of anilines is 1. The number of fused-ring (bicyclic) bond motifs is 1.